The molecule has 0 spiro atoms. The van der Waals surface area contributed by atoms with Crippen molar-refractivity contribution in [3.63, 3.8) is 0 Å². The summed E-state index contributed by atoms with van der Waals surface area (Å²) in [7, 11) is 0. The molecule has 0 aromatic heterocycles. The molecule has 0 saturated heterocycles. The fraction of sp³-hybridized carbons (Fsp3) is 0.630. The van der Waals surface area contributed by atoms with E-state index in [1.54, 1.807) is 24.3 Å². The number of hydrogen-bond donors (Lipinski definition) is 2. The van der Waals surface area contributed by atoms with E-state index in [0.29, 0.717) is 32.5 Å². The van der Waals surface area contributed by atoms with Crippen LogP contribution >= 0.6 is 0 Å². The van der Waals surface area contributed by atoms with Gasteiger partial charge in [0.1, 0.15) is 12.2 Å². The molecular formula is C27H40O7. The van der Waals surface area contributed by atoms with Gasteiger partial charge in [-0.1, -0.05) is 55.0 Å². The van der Waals surface area contributed by atoms with Crippen LogP contribution in [0.15, 0.2) is 48.1 Å². The predicted octanol–water partition coefficient (Wildman–Crippen LogP) is 3.95. The van der Waals surface area contributed by atoms with E-state index in [-0.39, 0.29) is 37.3 Å². The van der Waals surface area contributed by atoms with Crippen molar-refractivity contribution < 1.29 is 34.0 Å². The number of aliphatic hydroxyl groups is 2. The van der Waals surface area contributed by atoms with Crippen LogP contribution in [-0.4, -0.2) is 59.8 Å². The lowest BCUT2D eigenvalue weighted by atomic mass is 9.95. The molecule has 34 heavy (non-hydrogen) atoms. The highest BCUT2D eigenvalue weighted by Crippen LogP contribution is 2.20. The Bertz CT molecular complexity index is 767. The molecule has 2 aliphatic heterocycles. The topological polar surface area (TPSA) is 102 Å². The van der Waals surface area contributed by atoms with Crippen molar-refractivity contribution in [2.75, 3.05) is 13.2 Å². The van der Waals surface area contributed by atoms with Crippen molar-refractivity contribution in [1.29, 1.82) is 0 Å². The summed E-state index contributed by atoms with van der Waals surface area (Å²) in [4.78, 5) is 24.3. The van der Waals surface area contributed by atoms with E-state index in [9.17, 15) is 19.8 Å². The SMILES string of the molecule is C=C1CC(O)/C=C/CC(C(O)/C=C/[C@@H]2CC(C)=CCO2)OC(=O)CCCC(=O)OCCC(C)C1. The first kappa shape index (κ1) is 28.0. The molecule has 5 atom stereocenters. The molecule has 7 nitrogen and oxygen atoms in total. The fourth-order valence-electron chi connectivity index (χ4n) is 3.98. The lowest BCUT2D eigenvalue weighted by molar-refractivity contribution is -0.153. The smallest absolute Gasteiger partial charge is 0.306 e. The van der Waals surface area contributed by atoms with Crippen molar-refractivity contribution >= 4 is 11.9 Å². The molecular weight excluding hydrogens is 436 g/mol. The highest BCUT2D eigenvalue weighted by Gasteiger charge is 2.22. The van der Waals surface area contributed by atoms with E-state index in [1.165, 1.54) is 5.57 Å². The van der Waals surface area contributed by atoms with Crippen LogP contribution in [0.4, 0.5) is 0 Å². The van der Waals surface area contributed by atoms with Crippen molar-refractivity contribution in [3.8, 4) is 0 Å². The molecule has 190 valence electrons. The van der Waals surface area contributed by atoms with Gasteiger partial charge in [0.15, 0.2) is 0 Å². The minimum Gasteiger partial charge on any atom is -0.466 e. The quantitative estimate of drug-likeness (QED) is 0.470. The van der Waals surface area contributed by atoms with Crippen LogP contribution in [0, 0.1) is 5.92 Å². The highest BCUT2D eigenvalue weighted by molar-refractivity contribution is 5.72. The first-order valence-corrected chi connectivity index (χ1v) is 12.2. The molecule has 4 unspecified atom stereocenters. The van der Waals surface area contributed by atoms with Crippen LogP contribution in [0.3, 0.4) is 0 Å². The van der Waals surface area contributed by atoms with E-state index < -0.39 is 24.3 Å². The van der Waals surface area contributed by atoms with Gasteiger partial charge < -0.3 is 24.4 Å². The van der Waals surface area contributed by atoms with E-state index in [2.05, 4.69) is 13.5 Å². The van der Waals surface area contributed by atoms with Gasteiger partial charge in [-0.15, -0.1) is 0 Å². The second-order valence-corrected chi connectivity index (χ2v) is 9.39. The normalized spacial score (nSPS) is 31.1. The Labute approximate surface area is 203 Å². The third-order valence-corrected chi connectivity index (χ3v) is 5.95. The van der Waals surface area contributed by atoms with Crippen LogP contribution in [0.2, 0.25) is 0 Å². The summed E-state index contributed by atoms with van der Waals surface area (Å²) in [6.45, 7) is 9.00. The zero-order valence-corrected chi connectivity index (χ0v) is 20.5. The number of esters is 2. The van der Waals surface area contributed by atoms with Gasteiger partial charge in [-0.3, -0.25) is 9.59 Å². The predicted molar refractivity (Wildman–Crippen MR) is 130 cm³/mol. The summed E-state index contributed by atoms with van der Waals surface area (Å²) in [6, 6.07) is 0. The Balaban J connectivity index is 2.05. The van der Waals surface area contributed by atoms with Gasteiger partial charge in [0, 0.05) is 19.3 Å². The summed E-state index contributed by atoms with van der Waals surface area (Å²) in [5.74, 6) is -0.547. The maximum atomic E-state index is 12.4. The average molecular weight is 477 g/mol. The number of rotatable bonds is 3. The van der Waals surface area contributed by atoms with Gasteiger partial charge in [0.25, 0.3) is 0 Å². The Morgan fingerprint density at radius 2 is 1.94 bits per heavy atom. The van der Waals surface area contributed by atoms with Crippen molar-refractivity contribution in [1.82, 2.24) is 0 Å². The van der Waals surface area contributed by atoms with Gasteiger partial charge in [-0.2, -0.15) is 0 Å². The molecule has 7 heteroatoms. The van der Waals surface area contributed by atoms with Crippen LogP contribution in [-0.2, 0) is 23.8 Å². The number of hydrogen-bond acceptors (Lipinski definition) is 7. The van der Waals surface area contributed by atoms with Crippen LogP contribution in [0.1, 0.15) is 65.2 Å². The zero-order valence-electron chi connectivity index (χ0n) is 20.5. The summed E-state index contributed by atoms with van der Waals surface area (Å²) in [6.07, 6.45) is 9.45. The summed E-state index contributed by atoms with van der Waals surface area (Å²) < 4.78 is 16.4. The third-order valence-electron chi connectivity index (χ3n) is 5.95. The van der Waals surface area contributed by atoms with Crippen LogP contribution in [0.25, 0.3) is 0 Å². The van der Waals surface area contributed by atoms with E-state index >= 15 is 0 Å². The fourth-order valence-corrected chi connectivity index (χ4v) is 3.98. The standard InChI is InChI=1S/C27H40O7/c1-19-13-15-33-26(30)8-5-9-27(31)34-25(7-4-6-22(28)17-21(3)16-19)24(29)11-10-23-18-20(2)12-14-32-23/h4,6,10-12,19,22-25,28-29H,3,5,7-9,13-18H2,1-2H3/b6-4+,11-10+/t19?,22?,23-,24?,25?/m1/s1. The second kappa shape index (κ2) is 14.9. The number of aliphatic hydroxyl groups excluding tert-OH is 2. The zero-order chi connectivity index (χ0) is 24.9. The molecule has 0 fully saturated rings. The molecule has 0 saturated carbocycles. The van der Waals surface area contributed by atoms with E-state index in [4.69, 9.17) is 14.2 Å². The molecule has 0 aromatic rings. The first-order valence-electron chi connectivity index (χ1n) is 12.2. The van der Waals surface area contributed by atoms with E-state index in [1.807, 2.05) is 13.0 Å². The number of carbonyl (C=O) groups excluding carboxylic acids is 2. The molecule has 0 aliphatic carbocycles. The summed E-state index contributed by atoms with van der Waals surface area (Å²) in [5.41, 5.74) is 2.14. The molecule has 2 rings (SSSR count). The minimum absolute atomic E-state index is 0.0559. The molecule has 0 aromatic carbocycles. The Morgan fingerprint density at radius 3 is 2.71 bits per heavy atom. The second-order valence-electron chi connectivity index (χ2n) is 9.39. The lowest BCUT2D eigenvalue weighted by Gasteiger charge is -2.22. The van der Waals surface area contributed by atoms with Crippen LogP contribution in [0.5, 0.6) is 0 Å². The Kier molecular flexibility index (Phi) is 12.3. The molecule has 0 amide bonds. The maximum absolute atomic E-state index is 12.4. The van der Waals surface area contributed by atoms with Gasteiger partial charge >= 0.3 is 11.9 Å². The first-order chi connectivity index (χ1) is 16.2. The van der Waals surface area contributed by atoms with Gasteiger partial charge in [-0.25, -0.2) is 0 Å². The lowest BCUT2D eigenvalue weighted by Crippen LogP contribution is -2.30. The molecule has 0 radical (unpaired) electrons. The molecule has 0 bridgehead atoms. The van der Waals surface area contributed by atoms with Crippen molar-refractivity contribution in [2.24, 2.45) is 5.92 Å². The largest absolute Gasteiger partial charge is 0.466 e. The monoisotopic (exact) mass is 476 g/mol. The van der Waals surface area contributed by atoms with Crippen LogP contribution < -0.4 is 0 Å². The average Bonchev–Trinajstić information content (AvgIpc) is 2.76. The highest BCUT2D eigenvalue weighted by atomic mass is 16.6. The van der Waals surface area contributed by atoms with Gasteiger partial charge in [0.2, 0.25) is 0 Å². The third kappa shape index (κ3) is 11.3. The molecule has 2 N–H and O–H groups in total. The Hall–Kier alpha value is -2.22. The molecule has 2 heterocycles. The Morgan fingerprint density at radius 1 is 1.18 bits per heavy atom. The molecule has 2 aliphatic rings. The number of carbonyl (C=O) groups is 2. The maximum Gasteiger partial charge on any atom is 0.306 e. The van der Waals surface area contributed by atoms with E-state index in [0.717, 1.165) is 18.4 Å². The van der Waals surface area contributed by atoms with Gasteiger partial charge in [-0.05, 0) is 44.9 Å². The number of ether oxygens (including phenoxy) is 3. The number of cyclic esters (lactones) is 2. The van der Waals surface area contributed by atoms with Crippen molar-refractivity contribution in [3.05, 3.63) is 48.1 Å². The minimum atomic E-state index is -1.04. The van der Waals surface area contributed by atoms with Gasteiger partial charge in [0.05, 0.1) is 25.4 Å². The summed E-state index contributed by atoms with van der Waals surface area (Å²) in [5, 5.41) is 21.1. The van der Waals surface area contributed by atoms with Crippen molar-refractivity contribution in [2.45, 2.75) is 89.6 Å². The summed E-state index contributed by atoms with van der Waals surface area (Å²) >= 11 is 0.